The van der Waals surface area contributed by atoms with Crippen molar-refractivity contribution in [1.29, 1.82) is 0 Å². The third kappa shape index (κ3) is 6.77. The summed E-state index contributed by atoms with van der Waals surface area (Å²) in [5.74, 6) is -0.00889. The number of hydrogen-bond donors (Lipinski definition) is 2. The molecule has 1 aliphatic carbocycles. The number of carbonyl (C=O) groups excluding carboxylic acids is 1. The molecule has 2 N–H and O–H groups in total. The standard InChI is InChI=1S/C22H24ClF3N2O4S/c1-14(21(29)27-16-5-3-2-4-6-16)32-17-8-10-18(11-9-17)33(30,31)28-20-12-7-15(23)13-19(20)22(24,25)26/h7-14,16,28H,2-6H2,1H3,(H,27,29)/t14-/m0/s1. The largest absolute Gasteiger partial charge is 0.481 e. The smallest absolute Gasteiger partial charge is 0.418 e. The Kier molecular flexibility index (Phi) is 7.79. The van der Waals surface area contributed by atoms with Crippen LogP contribution < -0.4 is 14.8 Å². The number of sulfonamides is 1. The predicted molar refractivity (Wildman–Crippen MR) is 119 cm³/mol. The maximum atomic E-state index is 13.3. The van der Waals surface area contributed by atoms with E-state index in [9.17, 15) is 26.4 Å². The van der Waals surface area contributed by atoms with Crippen LogP contribution in [0, 0.1) is 0 Å². The van der Waals surface area contributed by atoms with Crippen molar-refractivity contribution in [3.05, 3.63) is 53.1 Å². The molecule has 0 aromatic heterocycles. The average molecular weight is 505 g/mol. The molecule has 2 aromatic rings. The zero-order chi connectivity index (χ0) is 24.2. The number of rotatable bonds is 7. The van der Waals surface area contributed by atoms with Crippen LogP contribution in [0.2, 0.25) is 5.02 Å². The second-order valence-electron chi connectivity index (χ2n) is 7.87. The summed E-state index contributed by atoms with van der Waals surface area (Å²) >= 11 is 5.63. The van der Waals surface area contributed by atoms with Crippen LogP contribution in [0.4, 0.5) is 18.9 Å². The SMILES string of the molecule is C[C@H](Oc1ccc(S(=O)(=O)Nc2ccc(Cl)cc2C(F)(F)F)cc1)C(=O)NC1CCCCC1. The van der Waals surface area contributed by atoms with Gasteiger partial charge in [-0.25, -0.2) is 8.42 Å². The molecule has 11 heteroatoms. The first-order chi connectivity index (χ1) is 15.5. The quantitative estimate of drug-likeness (QED) is 0.530. The van der Waals surface area contributed by atoms with Gasteiger partial charge in [-0.3, -0.25) is 9.52 Å². The zero-order valence-corrected chi connectivity index (χ0v) is 19.4. The van der Waals surface area contributed by atoms with Crippen LogP contribution in [-0.4, -0.2) is 26.5 Å². The minimum atomic E-state index is -4.80. The maximum absolute atomic E-state index is 13.3. The highest BCUT2D eigenvalue weighted by atomic mass is 35.5. The summed E-state index contributed by atoms with van der Waals surface area (Å²) in [6.45, 7) is 1.59. The molecule has 1 amide bonds. The van der Waals surface area contributed by atoms with Crippen LogP contribution >= 0.6 is 11.6 Å². The van der Waals surface area contributed by atoms with E-state index in [1.54, 1.807) is 6.92 Å². The third-order valence-electron chi connectivity index (χ3n) is 5.30. The van der Waals surface area contributed by atoms with Gasteiger partial charge in [0.15, 0.2) is 6.10 Å². The Bertz CT molecular complexity index is 1090. The van der Waals surface area contributed by atoms with Crippen LogP contribution in [0.15, 0.2) is 47.4 Å². The van der Waals surface area contributed by atoms with Crippen molar-refractivity contribution in [3.8, 4) is 5.75 Å². The normalized spacial score (nSPS) is 16.2. The molecule has 3 rings (SSSR count). The molecule has 0 bridgehead atoms. The number of amides is 1. The van der Waals surface area contributed by atoms with Crippen LogP contribution in [-0.2, 0) is 21.0 Å². The molecule has 0 aliphatic heterocycles. The molecule has 1 aliphatic rings. The van der Waals surface area contributed by atoms with Gasteiger partial charge in [-0.2, -0.15) is 13.2 Å². The molecule has 0 unspecified atom stereocenters. The van der Waals surface area contributed by atoms with Crippen LogP contribution in [0.3, 0.4) is 0 Å². The Morgan fingerprint density at radius 1 is 1.09 bits per heavy atom. The fourth-order valence-electron chi connectivity index (χ4n) is 3.56. The van der Waals surface area contributed by atoms with E-state index in [0.29, 0.717) is 6.07 Å². The van der Waals surface area contributed by atoms with E-state index < -0.39 is 33.6 Å². The van der Waals surface area contributed by atoms with Gasteiger partial charge < -0.3 is 10.1 Å². The van der Waals surface area contributed by atoms with Crippen molar-refractivity contribution in [3.63, 3.8) is 0 Å². The van der Waals surface area contributed by atoms with Crippen molar-refractivity contribution < 1.29 is 31.1 Å². The third-order valence-corrected chi connectivity index (χ3v) is 6.92. The molecule has 2 aromatic carbocycles. The highest BCUT2D eigenvalue weighted by Gasteiger charge is 2.35. The van der Waals surface area contributed by atoms with E-state index >= 15 is 0 Å². The fourth-order valence-corrected chi connectivity index (χ4v) is 4.82. The lowest BCUT2D eigenvalue weighted by atomic mass is 9.95. The highest BCUT2D eigenvalue weighted by Crippen LogP contribution is 2.37. The van der Waals surface area contributed by atoms with E-state index in [1.807, 2.05) is 4.72 Å². The summed E-state index contributed by atoms with van der Waals surface area (Å²) in [6.07, 6.45) is -0.415. The molecule has 1 saturated carbocycles. The van der Waals surface area contributed by atoms with Gasteiger partial charge in [-0.15, -0.1) is 0 Å². The minimum absolute atomic E-state index is 0.130. The highest BCUT2D eigenvalue weighted by molar-refractivity contribution is 7.92. The molecule has 1 fully saturated rings. The molecular formula is C22H24ClF3N2O4S. The second-order valence-corrected chi connectivity index (χ2v) is 9.99. The van der Waals surface area contributed by atoms with Gasteiger partial charge in [0, 0.05) is 11.1 Å². The average Bonchev–Trinajstić information content (AvgIpc) is 2.75. The summed E-state index contributed by atoms with van der Waals surface area (Å²) < 4.78 is 72.5. The monoisotopic (exact) mass is 504 g/mol. The van der Waals surface area contributed by atoms with Crippen molar-refractivity contribution in [2.45, 2.75) is 62.2 Å². The number of alkyl halides is 3. The van der Waals surface area contributed by atoms with Gasteiger partial charge in [0.05, 0.1) is 16.1 Å². The number of halogens is 4. The Morgan fingerprint density at radius 2 is 1.73 bits per heavy atom. The van der Waals surface area contributed by atoms with Gasteiger partial charge >= 0.3 is 6.18 Å². The lowest BCUT2D eigenvalue weighted by molar-refractivity contribution is -0.137. The summed E-state index contributed by atoms with van der Waals surface area (Å²) in [5, 5.41) is 2.78. The summed E-state index contributed by atoms with van der Waals surface area (Å²) in [5.41, 5.74) is -1.84. The van der Waals surface area contributed by atoms with Crippen molar-refractivity contribution >= 4 is 33.2 Å². The topological polar surface area (TPSA) is 84.5 Å². The minimum Gasteiger partial charge on any atom is -0.481 e. The Labute approximate surface area is 195 Å². The van der Waals surface area contributed by atoms with E-state index in [-0.39, 0.29) is 27.6 Å². The Balaban J connectivity index is 1.67. The van der Waals surface area contributed by atoms with Crippen LogP contribution in [0.5, 0.6) is 5.75 Å². The number of benzene rings is 2. The van der Waals surface area contributed by atoms with Gasteiger partial charge in [-0.05, 0) is 62.2 Å². The van der Waals surface area contributed by atoms with E-state index in [2.05, 4.69) is 5.32 Å². The zero-order valence-electron chi connectivity index (χ0n) is 17.8. The maximum Gasteiger partial charge on any atom is 0.418 e. The first kappa shape index (κ1) is 25.2. The van der Waals surface area contributed by atoms with Crippen LogP contribution in [0.1, 0.15) is 44.6 Å². The first-order valence-corrected chi connectivity index (χ1v) is 12.3. The van der Waals surface area contributed by atoms with Gasteiger partial charge in [-0.1, -0.05) is 30.9 Å². The number of ether oxygens (including phenoxy) is 1. The summed E-state index contributed by atoms with van der Waals surface area (Å²) in [7, 11) is -4.32. The molecule has 0 radical (unpaired) electrons. The molecular weight excluding hydrogens is 481 g/mol. The lowest BCUT2D eigenvalue weighted by Crippen LogP contribution is -2.43. The van der Waals surface area contributed by atoms with Gasteiger partial charge in [0.1, 0.15) is 5.75 Å². The van der Waals surface area contributed by atoms with Gasteiger partial charge in [0.2, 0.25) is 0 Å². The van der Waals surface area contributed by atoms with Crippen molar-refractivity contribution in [1.82, 2.24) is 5.32 Å². The first-order valence-electron chi connectivity index (χ1n) is 10.4. The number of carbonyl (C=O) groups is 1. The second kappa shape index (κ2) is 10.2. The predicted octanol–water partition coefficient (Wildman–Crippen LogP) is 5.38. The fraction of sp³-hybridized carbons (Fsp3) is 0.409. The van der Waals surface area contributed by atoms with E-state index in [4.69, 9.17) is 16.3 Å². The van der Waals surface area contributed by atoms with Gasteiger partial charge in [0.25, 0.3) is 15.9 Å². The summed E-state index contributed by atoms with van der Waals surface area (Å²) in [4.78, 5) is 12.1. The molecule has 6 nitrogen and oxygen atoms in total. The van der Waals surface area contributed by atoms with Crippen molar-refractivity contribution in [2.24, 2.45) is 0 Å². The number of hydrogen-bond acceptors (Lipinski definition) is 4. The molecule has 0 heterocycles. The molecule has 1 atom stereocenters. The Hall–Kier alpha value is -2.46. The number of anilines is 1. The molecule has 0 saturated heterocycles. The molecule has 33 heavy (non-hydrogen) atoms. The molecule has 180 valence electrons. The van der Waals surface area contributed by atoms with Crippen LogP contribution in [0.25, 0.3) is 0 Å². The Morgan fingerprint density at radius 3 is 2.33 bits per heavy atom. The van der Waals surface area contributed by atoms with E-state index in [0.717, 1.165) is 44.2 Å². The number of nitrogens with one attached hydrogen (secondary N) is 2. The van der Waals surface area contributed by atoms with Crippen molar-refractivity contribution in [2.75, 3.05) is 4.72 Å². The summed E-state index contributed by atoms with van der Waals surface area (Å²) in [6, 6.07) is 7.94. The molecule has 0 spiro atoms. The lowest BCUT2D eigenvalue weighted by Gasteiger charge is -2.24. The van der Waals surface area contributed by atoms with E-state index in [1.165, 1.54) is 24.3 Å².